The Morgan fingerprint density at radius 1 is 0.878 bits per heavy atom. The van der Waals surface area contributed by atoms with Crippen LogP contribution in [0.1, 0.15) is 21.5 Å². The zero-order chi connectivity index (χ0) is 28.9. The van der Waals surface area contributed by atoms with Crippen molar-refractivity contribution in [3.05, 3.63) is 118 Å². The van der Waals surface area contributed by atoms with Crippen LogP contribution >= 0.6 is 11.8 Å². The number of aryl methyl sites for hydroxylation is 1. The minimum atomic E-state index is -0.297. The van der Waals surface area contributed by atoms with Crippen LogP contribution in [-0.4, -0.2) is 34.2 Å². The summed E-state index contributed by atoms with van der Waals surface area (Å²) in [5, 5.41) is 6.62. The lowest BCUT2D eigenvalue weighted by molar-refractivity contribution is -0.113. The van der Waals surface area contributed by atoms with Gasteiger partial charge in [0, 0.05) is 11.3 Å². The third-order valence-electron chi connectivity index (χ3n) is 6.68. The van der Waals surface area contributed by atoms with Gasteiger partial charge < -0.3 is 15.4 Å². The number of carbonyl (C=O) groups is 2. The summed E-state index contributed by atoms with van der Waals surface area (Å²) in [6.45, 7) is 3.96. The summed E-state index contributed by atoms with van der Waals surface area (Å²) in [5.41, 5.74) is 4.68. The van der Waals surface area contributed by atoms with Gasteiger partial charge in [-0.15, -0.1) is 0 Å². The highest BCUT2D eigenvalue weighted by Gasteiger charge is 2.17. The van der Waals surface area contributed by atoms with Gasteiger partial charge in [0.25, 0.3) is 11.5 Å². The first-order chi connectivity index (χ1) is 19.9. The molecule has 0 atom stereocenters. The third-order valence-corrected chi connectivity index (χ3v) is 7.62. The summed E-state index contributed by atoms with van der Waals surface area (Å²) in [4.78, 5) is 43.9. The Hall–Kier alpha value is -4.89. The SMILES string of the molecule is COc1ccccc1NC(=O)c1ccc(NC(=O)CSc2nc3ccccc3c(=O)n2-c2cccc(C)c2C)cc1. The molecule has 41 heavy (non-hydrogen) atoms. The van der Waals surface area contributed by atoms with E-state index in [1.807, 2.05) is 56.3 Å². The van der Waals surface area contributed by atoms with Crippen molar-refractivity contribution in [2.75, 3.05) is 23.5 Å². The van der Waals surface area contributed by atoms with Crippen molar-refractivity contribution in [2.45, 2.75) is 19.0 Å². The molecule has 0 aliphatic carbocycles. The highest BCUT2D eigenvalue weighted by atomic mass is 32.2. The largest absolute Gasteiger partial charge is 0.495 e. The van der Waals surface area contributed by atoms with Crippen molar-refractivity contribution >= 4 is 45.9 Å². The highest BCUT2D eigenvalue weighted by molar-refractivity contribution is 7.99. The molecule has 0 radical (unpaired) electrons. The van der Waals surface area contributed by atoms with Crippen molar-refractivity contribution < 1.29 is 14.3 Å². The van der Waals surface area contributed by atoms with Crippen LogP contribution in [0.4, 0.5) is 11.4 Å². The van der Waals surface area contributed by atoms with E-state index >= 15 is 0 Å². The molecule has 0 unspecified atom stereocenters. The molecular weight excluding hydrogens is 536 g/mol. The summed E-state index contributed by atoms with van der Waals surface area (Å²) in [6, 6.07) is 26.7. The standard InChI is InChI=1S/C32H28N4O4S/c1-20-9-8-13-27(21(20)2)36-31(39)24-10-4-5-11-25(24)35-32(36)41-19-29(37)33-23-17-15-22(16-18-23)30(38)34-26-12-6-7-14-28(26)40-3/h4-18H,19H2,1-3H3,(H,33,37)(H,34,38). The fraction of sp³-hybridized carbons (Fsp3) is 0.125. The van der Waals surface area contributed by atoms with E-state index < -0.39 is 0 Å². The van der Waals surface area contributed by atoms with Crippen molar-refractivity contribution in [3.8, 4) is 11.4 Å². The van der Waals surface area contributed by atoms with Crippen LogP contribution in [0, 0.1) is 13.8 Å². The summed E-state index contributed by atoms with van der Waals surface area (Å²) in [7, 11) is 1.54. The Balaban J connectivity index is 1.31. The first-order valence-corrected chi connectivity index (χ1v) is 13.9. The highest BCUT2D eigenvalue weighted by Crippen LogP contribution is 2.26. The third kappa shape index (κ3) is 6.00. The average Bonchev–Trinajstić information content (AvgIpc) is 2.98. The molecule has 0 aliphatic heterocycles. The maximum atomic E-state index is 13.6. The number of hydrogen-bond acceptors (Lipinski definition) is 6. The monoisotopic (exact) mass is 564 g/mol. The van der Waals surface area contributed by atoms with Crippen molar-refractivity contribution in [1.82, 2.24) is 9.55 Å². The van der Waals surface area contributed by atoms with E-state index in [4.69, 9.17) is 9.72 Å². The molecule has 1 heterocycles. The Labute approximate surface area is 241 Å². The van der Waals surface area contributed by atoms with E-state index in [0.717, 1.165) is 16.8 Å². The van der Waals surface area contributed by atoms with Crippen LogP contribution in [-0.2, 0) is 4.79 Å². The van der Waals surface area contributed by atoms with Crippen LogP contribution in [0.25, 0.3) is 16.6 Å². The molecule has 0 bridgehead atoms. The summed E-state index contributed by atoms with van der Waals surface area (Å²) >= 11 is 1.19. The second-order valence-corrected chi connectivity index (χ2v) is 10.3. The number of benzene rings is 4. The summed E-state index contributed by atoms with van der Waals surface area (Å²) in [5.74, 6) is 0.0306. The molecule has 1 aromatic heterocycles. The lowest BCUT2D eigenvalue weighted by atomic mass is 10.1. The molecule has 206 valence electrons. The molecule has 0 saturated heterocycles. The van der Waals surface area contributed by atoms with E-state index in [1.165, 1.54) is 11.8 Å². The van der Waals surface area contributed by atoms with E-state index in [-0.39, 0.29) is 23.1 Å². The maximum Gasteiger partial charge on any atom is 0.266 e. The van der Waals surface area contributed by atoms with E-state index in [1.54, 1.807) is 60.2 Å². The molecule has 9 heteroatoms. The molecule has 5 rings (SSSR count). The van der Waals surface area contributed by atoms with Gasteiger partial charge in [-0.2, -0.15) is 0 Å². The first kappa shape index (κ1) is 27.7. The second-order valence-electron chi connectivity index (χ2n) is 9.34. The molecule has 2 amide bonds. The topological polar surface area (TPSA) is 102 Å². The Morgan fingerprint density at radius 2 is 1.61 bits per heavy atom. The van der Waals surface area contributed by atoms with Gasteiger partial charge >= 0.3 is 0 Å². The first-order valence-electron chi connectivity index (χ1n) is 12.9. The van der Waals surface area contributed by atoms with Gasteiger partial charge in [0.1, 0.15) is 5.75 Å². The smallest absolute Gasteiger partial charge is 0.266 e. The van der Waals surface area contributed by atoms with Gasteiger partial charge in [-0.25, -0.2) is 4.98 Å². The number of aromatic nitrogens is 2. The number of thioether (sulfide) groups is 1. The fourth-order valence-electron chi connectivity index (χ4n) is 4.37. The van der Waals surface area contributed by atoms with Crippen LogP contribution < -0.4 is 20.9 Å². The van der Waals surface area contributed by atoms with Gasteiger partial charge in [0.05, 0.1) is 35.1 Å². The fourth-order valence-corrected chi connectivity index (χ4v) is 5.18. The van der Waals surface area contributed by atoms with E-state index in [9.17, 15) is 14.4 Å². The van der Waals surface area contributed by atoms with Gasteiger partial charge in [-0.1, -0.05) is 48.2 Å². The Kier molecular flexibility index (Phi) is 8.16. The maximum absolute atomic E-state index is 13.6. The van der Waals surface area contributed by atoms with Crippen LogP contribution in [0.15, 0.2) is 101 Å². The number of anilines is 2. The minimum absolute atomic E-state index is 0.0334. The summed E-state index contributed by atoms with van der Waals surface area (Å²) < 4.78 is 6.86. The summed E-state index contributed by atoms with van der Waals surface area (Å²) in [6.07, 6.45) is 0. The van der Waals surface area contributed by atoms with Crippen molar-refractivity contribution in [2.24, 2.45) is 0 Å². The van der Waals surface area contributed by atoms with Crippen LogP contribution in [0.2, 0.25) is 0 Å². The van der Waals surface area contributed by atoms with Crippen molar-refractivity contribution in [1.29, 1.82) is 0 Å². The molecule has 8 nitrogen and oxygen atoms in total. The molecule has 5 aromatic rings. The normalized spacial score (nSPS) is 10.8. The molecule has 0 saturated carbocycles. The molecule has 0 aliphatic rings. The number of rotatable bonds is 8. The van der Waals surface area contributed by atoms with Gasteiger partial charge in [-0.05, 0) is 79.6 Å². The van der Waals surface area contributed by atoms with E-state index in [2.05, 4.69) is 10.6 Å². The number of fused-ring (bicyclic) bond motifs is 1. The number of hydrogen-bond donors (Lipinski definition) is 2. The lowest BCUT2D eigenvalue weighted by Gasteiger charge is -2.16. The molecular formula is C32H28N4O4S. The van der Waals surface area contributed by atoms with Crippen LogP contribution in [0.5, 0.6) is 5.75 Å². The van der Waals surface area contributed by atoms with E-state index in [0.29, 0.717) is 38.7 Å². The molecule has 0 fully saturated rings. The van der Waals surface area contributed by atoms with Crippen molar-refractivity contribution in [3.63, 3.8) is 0 Å². The number of amides is 2. The number of para-hydroxylation sites is 3. The Bertz CT molecular complexity index is 1820. The minimum Gasteiger partial charge on any atom is -0.495 e. The van der Waals surface area contributed by atoms with Gasteiger partial charge in [0.15, 0.2) is 5.16 Å². The van der Waals surface area contributed by atoms with Gasteiger partial charge in [-0.3, -0.25) is 19.0 Å². The number of nitrogens with zero attached hydrogens (tertiary/aromatic N) is 2. The van der Waals surface area contributed by atoms with Crippen LogP contribution in [0.3, 0.4) is 0 Å². The average molecular weight is 565 g/mol. The molecule has 2 N–H and O–H groups in total. The Morgan fingerprint density at radius 3 is 2.39 bits per heavy atom. The lowest BCUT2D eigenvalue weighted by Crippen LogP contribution is -2.23. The second kappa shape index (κ2) is 12.1. The molecule has 4 aromatic carbocycles. The molecule has 0 spiro atoms. The van der Waals surface area contributed by atoms with Gasteiger partial charge in [0.2, 0.25) is 5.91 Å². The number of nitrogens with one attached hydrogen (secondary N) is 2. The number of carbonyl (C=O) groups excluding carboxylic acids is 2. The quantitative estimate of drug-likeness (QED) is 0.177. The number of methoxy groups -OCH3 is 1. The number of ether oxygens (including phenoxy) is 1. The predicted molar refractivity (Wildman–Crippen MR) is 164 cm³/mol. The zero-order valence-electron chi connectivity index (χ0n) is 22.8. The predicted octanol–water partition coefficient (Wildman–Crippen LogP) is 5.99. The zero-order valence-corrected chi connectivity index (χ0v) is 23.6.